The number of esters is 1. The summed E-state index contributed by atoms with van der Waals surface area (Å²) in [5, 5.41) is 3.35. The van der Waals surface area contributed by atoms with Crippen molar-refractivity contribution >= 4 is 5.97 Å². The highest BCUT2D eigenvalue weighted by Crippen LogP contribution is 2.25. The van der Waals surface area contributed by atoms with Gasteiger partial charge in [-0.05, 0) is 12.1 Å². The first kappa shape index (κ1) is 15.9. The van der Waals surface area contributed by atoms with Gasteiger partial charge >= 0.3 is 5.97 Å². The summed E-state index contributed by atoms with van der Waals surface area (Å²) in [4.78, 5) is 14.8. The van der Waals surface area contributed by atoms with E-state index in [4.69, 9.17) is 9.47 Å². The molecule has 0 amide bonds. The number of benzene rings is 1. The Hall–Kier alpha value is -1.43. The van der Waals surface area contributed by atoms with E-state index < -0.39 is 5.54 Å². The maximum atomic E-state index is 12.6. The monoisotopic (exact) mass is 292 g/mol. The molecule has 1 saturated heterocycles. The van der Waals surface area contributed by atoms with Crippen LogP contribution in [0.5, 0.6) is 0 Å². The number of carbonyl (C=O) groups excluding carboxylic acids is 1. The average molecular weight is 292 g/mol. The molecule has 1 aromatic carbocycles. The van der Waals surface area contributed by atoms with Crippen LogP contribution in [0.3, 0.4) is 0 Å². The molecular weight excluding hydrogens is 268 g/mol. The molecule has 0 aliphatic carbocycles. The number of rotatable bonds is 6. The average Bonchev–Trinajstić information content (AvgIpc) is 2.55. The maximum Gasteiger partial charge on any atom is 0.332 e. The Morgan fingerprint density at radius 3 is 2.57 bits per heavy atom. The van der Waals surface area contributed by atoms with Crippen molar-refractivity contribution in [1.29, 1.82) is 0 Å². The second kappa shape index (κ2) is 7.54. The van der Waals surface area contributed by atoms with E-state index in [1.54, 1.807) is 0 Å². The van der Waals surface area contributed by atoms with Gasteiger partial charge in [0.25, 0.3) is 0 Å². The van der Waals surface area contributed by atoms with Crippen LogP contribution in [0.25, 0.3) is 0 Å². The molecule has 0 spiro atoms. The van der Waals surface area contributed by atoms with Crippen LogP contribution in [-0.2, 0) is 19.8 Å². The van der Waals surface area contributed by atoms with E-state index in [1.807, 2.05) is 37.3 Å². The minimum Gasteiger partial charge on any atom is -0.467 e. The van der Waals surface area contributed by atoms with Crippen LogP contribution in [0.2, 0.25) is 0 Å². The molecule has 1 heterocycles. The van der Waals surface area contributed by atoms with Gasteiger partial charge in [-0.2, -0.15) is 0 Å². The SMILES string of the molecule is CCNC(CN1CCOCC1)(C(=O)OC)c1ccccc1. The van der Waals surface area contributed by atoms with E-state index in [2.05, 4.69) is 10.2 Å². The molecule has 1 atom stereocenters. The number of methoxy groups -OCH3 is 1. The van der Waals surface area contributed by atoms with Gasteiger partial charge in [-0.25, -0.2) is 4.79 Å². The summed E-state index contributed by atoms with van der Waals surface area (Å²) in [7, 11) is 1.44. The van der Waals surface area contributed by atoms with Crippen molar-refractivity contribution in [3.63, 3.8) is 0 Å². The molecule has 2 rings (SSSR count). The molecule has 5 nitrogen and oxygen atoms in total. The zero-order valence-corrected chi connectivity index (χ0v) is 12.8. The van der Waals surface area contributed by atoms with Crippen LogP contribution < -0.4 is 5.32 Å². The number of carbonyl (C=O) groups is 1. The topological polar surface area (TPSA) is 50.8 Å². The molecule has 0 radical (unpaired) electrons. The molecule has 1 aliphatic rings. The van der Waals surface area contributed by atoms with Crippen molar-refractivity contribution in [2.45, 2.75) is 12.5 Å². The van der Waals surface area contributed by atoms with Crippen molar-refractivity contribution in [2.75, 3.05) is 46.5 Å². The molecular formula is C16H24N2O3. The summed E-state index contributed by atoms with van der Waals surface area (Å²) in [5.74, 6) is -0.248. The smallest absolute Gasteiger partial charge is 0.332 e. The highest BCUT2D eigenvalue weighted by Gasteiger charge is 2.42. The Labute approximate surface area is 126 Å². The zero-order valence-electron chi connectivity index (χ0n) is 12.8. The number of hydrogen-bond acceptors (Lipinski definition) is 5. The minimum atomic E-state index is -0.831. The Kier molecular flexibility index (Phi) is 5.73. The number of ether oxygens (including phenoxy) is 2. The highest BCUT2D eigenvalue weighted by atomic mass is 16.5. The lowest BCUT2D eigenvalue weighted by molar-refractivity contribution is -0.150. The van der Waals surface area contributed by atoms with Gasteiger partial charge < -0.3 is 9.47 Å². The number of nitrogens with zero attached hydrogens (tertiary/aromatic N) is 1. The molecule has 0 bridgehead atoms. The van der Waals surface area contributed by atoms with E-state index in [9.17, 15) is 4.79 Å². The predicted molar refractivity (Wildman–Crippen MR) is 81.1 cm³/mol. The van der Waals surface area contributed by atoms with Crippen LogP contribution in [0, 0.1) is 0 Å². The molecule has 0 saturated carbocycles. The van der Waals surface area contributed by atoms with Gasteiger partial charge in [-0.1, -0.05) is 37.3 Å². The lowest BCUT2D eigenvalue weighted by Gasteiger charge is -2.38. The fraction of sp³-hybridized carbons (Fsp3) is 0.562. The van der Waals surface area contributed by atoms with E-state index in [-0.39, 0.29) is 5.97 Å². The number of likely N-dealkylation sites (N-methyl/N-ethyl adjacent to an activating group) is 1. The van der Waals surface area contributed by atoms with Crippen molar-refractivity contribution in [2.24, 2.45) is 0 Å². The quantitative estimate of drug-likeness (QED) is 0.793. The Morgan fingerprint density at radius 1 is 1.33 bits per heavy atom. The Balaban J connectivity index is 2.32. The van der Waals surface area contributed by atoms with Crippen molar-refractivity contribution in [3.8, 4) is 0 Å². The first-order valence-corrected chi connectivity index (χ1v) is 7.42. The van der Waals surface area contributed by atoms with Crippen LogP contribution in [-0.4, -0.2) is 57.4 Å². The Bertz CT molecular complexity index is 446. The summed E-state index contributed by atoms with van der Waals surface area (Å²) < 4.78 is 10.5. The Morgan fingerprint density at radius 2 is 2.00 bits per heavy atom. The second-order valence-corrected chi connectivity index (χ2v) is 5.18. The maximum absolute atomic E-state index is 12.6. The molecule has 1 aromatic rings. The number of nitrogens with one attached hydrogen (secondary N) is 1. The first-order chi connectivity index (χ1) is 10.2. The third kappa shape index (κ3) is 3.61. The minimum absolute atomic E-state index is 0.248. The fourth-order valence-corrected chi connectivity index (χ4v) is 2.80. The molecule has 1 N–H and O–H groups in total. The molecule has 1 fully saturated rings. The predicted octanol–water partition coefficient (Wildman–Crippen LogP) is 0.997. The standard InChI is InChI=1S/C16H24N2O3/c1-3-17-16(15(19)20-2,14-7-5-4-6-8-14)13-18-9-11-21-12-10-18/h4-8,17H,3,9-13H2,1-2H3. The van der Waals surface area contributed by atoms with Crippen LogP contribution >= 0.6 is 0 Å². The number of hydrogen-bond donors (Lipinski definition) is 1. The zero-order chi connectivity index (χ0) is 15.1. The molecule has 21 heavy (non-hydrogen) atoms. The summed E-state index contributed by atoms with van der Waals surface area (Å²) >= 11 is 0. The summed E-state index contributed by atoms with van der Waals surface area (Å²) in [6, 6.07) is 9.79. The van der Waals surface area contributed by atoms with Gasteiger partial charge in [0, 0.05) is 19.6 Å². The summed E-state index contributed by atoms with van der Waals surface area (Å²) in [6.07, 6.45) is 0. The third-order valence-electron chi connectivity index (χ3n) is 3.84. The normalized spacial score (nSPS) is 19.0. The molecule has 1 aliphatic heterocycles. The summed E-state index contributed by atoms with van der Waals surface area (Å²) in [6.45, 7) is 6.35. The first-order valence-electron chi connectivity index (χ1n) is 7.42. The van der Waals surface area contributed by atoms with Gasteiger partial charge in [0.1, 0.15) is 0 Å². The molecule has 116 valence electrons. The van der Waals surface area contributed by atoms with E-state index in [0.717, 1.165) is 18.7 Å². The third-order valence-corrected chi connectivity index (χ3v) is 3.84. The van der Waals surface area contributed by atoms with Crippen molar-refractivity contribution < 1.29 is 14.3 Å². The number of morpholine rings is 1. The molecule has 0 aromatic heterocycles. The van der Waals surface area contributed by atoms with E-state index in [0.29, 0.717) is 26.3 Å². The second-order valence-electron chi connectivity index (χ2n) is 5.18. The molecule has 5 heteroatoms. The van der Waals surface area contributed by atoms with Crippen molar-refractivity contribution in [1.82, 2.24) is 10.2 Å². The van der Waals surface area contributed by atoms with Gasteiger partial charge in [-0.15, -0.1) is 0 Å². The lowest BCUT2D eigenvalue weighted by Crippen LogP contribution is -2.58. The van der Waals surface area contributed by atoms with Gasteiger partial charge in [0.05, 0.1) is 20.3 Å². The van der Waals surface area contributed by atoms with Gasteiger partial charge in [-0.3, -0.25) is 10.2 Å². The largest absolute Gasteiger partial charge is 0.467 e. The fourth-order valence-electron chi connectivity index (χ4n) is 2.80. The van der Waals surface area contributed by atoms with Crippen LogP contribution in [0.4, 0.5) is 0 Å². The van der Waals surface area contributed by atoms with Crippen LogP contribution in [0.15, 0.2) is 30.3 Å². The highest BCUT2D eigenvalue weighted by molar-refractivity contribution is 5.83. The van der Waals surface area contributed by atoms with Crippen LogP contribution in [0.1, 0.15) is 12.5 Å². The van der Waals surface area contributed by atoms with Gasteiger partial charge in [0.2, 0.25) is 0 Å². The molecule has 1 unspecified atom stereocenters. The lowest BCUT2D eigenvalue weighted by atomic mass is 9.88. The van der Waals surface area contributed by atoms with E-state index >= 15 is 0 Å². The van der Waals surface area contributed by atoms with E-state index in [1.165, 1.54) is 7.11 Å². The van der Waals surface area contributed by atoms with Gasteiger partial charge in [0.15, 0.2) is 5.54 Å². The van der Waals surface area contributed by atoms with Crippen molar-refractivity contribution in [3.05, 3.63) is 35.9 Å². The summed E-state index contributed by atoms with van der Waals surface area (Å²) in [5.41, 5.74) is 0.104.